The van der Waals surface area contributed by atoms with Gasteiger partial charge in [0.15, 0.2) is 11.6 Å². The predicted octanol–water partition coefficient (Wildman–Crippen LogP) is 2.73. The molecule has 0 saturated heterocycles. The van der Waals surface area contributed by atoms with Crippen LogP contribution in [0.5, 0.6) is 0 Å². The molecule has 2 heterocycles. The zero-order chi connectivity index (χ0) is 13.1. The zero-order valence-electron chi connectivity index (χ0n) is 10.7. The molecule has 1 N–H and O–H groups in total. The van der Waals surface area contributed by atoms with Crippen LogP contribution in [0.3, 0.4) is 0 Å². The Morgan fingerprint density at radius 1 is 1.22 bits per heavy atom. The first-order chi connectivity index (χ1) is 8.65. The molecule has 0 saturated carbocycles. The maximum atomic E-state index is 13.7. The molecule has 0 bridgehead atoms. The molecule has 94 valence electrons. The van der Waals surface area contributed by atoms with E-state index in [1.54, 1.807) is 12.3 Å². The van der Waals surface area contributed by atoms with Crippen LogP contribution in [0.2, 0.25) is 0 Å². The maximum Gasteiger partial charge on any atom is 0.151 e. The molecule has 0 amide bonds. The monoisotopic (exact) mass is 246 g/mol. The van der Waals surface area contributed by atoms with Crippen LogP contribution in [0, 0.1) is 19.7 Å². The number of hydrogen-bond donors (Lipinski definition) is 1. The minimum atomic E-state index is -0.384. The molecule has 0 spiro atoms. The van der Waals surface area contributed by atoms with Crippen molar-refractivity contribution < 1.29 is 4.39 Å². The molecule has 5 heteroatoms. The summed E-state index contributed by atoms with van der Waals surface area (Å²) >= 11 is 0. The van der Waals surface area contributed by atoms with Crippen LogP contribution in [0.15, 0.2) is 18.5 Å². The van der Waals surface area contributed by atoms with Crippen molar-refractivity contribution in [3.63, 3.8) is 0 Å². The predicted molar refractivity (Wildman–Crippen MR) is 68.9 cm³/mol. The smallest absolute Gasteiger partial charge is 0.151 e. The normalized spacial score (nSPS) is 10.4. The van der Waals surface area contributed by atoms with Crippen LogP contribution < -0.4 is 5.32 Å². The van der Waals surface area contributed by atoms with Crippen molar-refractivity contribution in [2.45, 2.75) is 20.8 Å². The Balaban J connectivity index is 2.54. The van der Waals surface area contributed by atoms with E-state index in [-0.39, 0.29) is 5.82 Å². The molecule has 0 aliphatic rings. The number of rotatable bonds is 3. The third-order valence-corrected chi connectivity index (χ3v) is 2.89. The summed E-state index contributed by atoms with van der Waals surface area (Å²) in [4.78, 5) is 3.73. The van der Waals surface area contributed by atoms with Crippen molar-refractivity contribution in [2.75, 3.05) is 11.9 Å². The van der Waals surface area contributed by atoms with E-state index in [9.17, 15) is 4.39 Å². The Kier molecular flexibility index (Phi) is 3.50. The summed E-state index contributed by atoms with van der Waals surface area (Å²) in [6, 6.07) is 1.61. The highest BCUT2D eigenvalue weighted by atomic mass is 19.1. The van der Waals surface area contributed by atoms with Crippen LogP contribution in [-0.2, 0) is 0 Å². The first-order valence-corrected chi connectivity index (χ1v) is 5.82. The van der Waals surface area contributed by atoms with Crippen LogP contribution in [0.25, 0.3) is 11.3 Å². The van der Waals surface area contributed by atoms with E-state index >= 15 is 0 Å². The molecule has 0 fully saturated rings. The first kappa shape index (κ1) is 12.4. The van der Waals surface area contributed by atoms with Crippen molar-refractivity contribution in [1.29, 1.82) is 0 Å². The Labute approximate surface area is 105 Å². The van der Waals surface area contributed by atoms with Crippen LogP contribution >= 0.6 is 0 Å². The van der Waals surface area contributed by atoms with E-state index in [0.29, 0.717) is 11.3 Å². The SMILES string of the molecule is CCNc1nnc(-c2ccncc2F)c(C)c1C. The molecular formula is C13H15FN4. The summed E-state index contributed by atoms with van der Waals surface area (Å²) in [5, 5.41) is 11.3. The lowest BCUT2D eigenvalue weighted by Crippen LogP contribution is -2.06. The summed E-state index contributed by atoms with van der Waals surface area (Å²) in [5.41, 5.74) is 2.90. The third kappa shape index (κ3) is 2.16. The molecule has 2 aromatic heterocycles. The van der Waals surface area contributed by atoms with E-state index in [2.05, 4.69) is 20.5 Å². The van der Waals surface area contributed by atoms with E-state index in [1.807, 2.05) is 20.8 Å². The second-order valence-electron chi connectivity index (χ2n) is 4.03. The maximum absolute atomic E-state index is 13.7. The largest absolute Gasteiger partial charge is 0.369 e. The van der Waals surface area contributed by atoms with Crippen molar-refractivity contribution in [2.24, 2.45) is 0 Å². The molecule has 0 radical (unpaired) electrons. The van der Waals surface area contributed by atoms with Gasteiger partial charge >= 0.3 is 0 Å². The van der Waals surface area contributed by atoms with Crippen LogP contribution in [-0.4, -0.2) is 21.7 Å². The van der Waals surface area contributed by atoms with Crippen LogP contribution in [0.1, 0.15) is 18.1 Å². The lowest BCUT2D eigenvalue weighted by atomic mass is 10.0. The lowest BCUT2D eigenvalue weighted by Gasteiger charge is -2.12. The second-order valence-corrected chi connectivity index (χ2v) is 4.03. The van der Waals surface area contributed by atoms with E-state index in [0.717, 1.165) is 23.5 Å². The van der Waals surface area contributed by atoms with Gasteiger partial charge in [-0.2, -0.15) is 0 Å². The number of nitrogens with zero attached hydrogens (tertiary/aromatic N) is 3. The number of aromatic nitrogens is 3. The Morgan fingerprint density at radius 2 is 2.00 bits per heavy atom. The highest BCUT2D eigenvalue weighted by molar-refractivity contribution is 5.66. The quantitative estimate of drug-likeness (QED) is 0.904. The van der Waals surface area contributed by atoms with Crippen molar-refractivity contribution in [3.8, 4) is 11.3 Å². The Bertz CT molecular complexity index is 569. The number of pyridine rings is 1. The van der Waals surface area contributed by atoms with E-state index in [1.165, 1.54) is 6.20 Å². The molecule has 0 aliphatic heterocycles. The zero-order valence-corrected chi connectivity index (χ0v) is 10.7. The molecular weight excluding hydrogens is 231 g/mol. The minimum Gasteiger partial charge on any atom is -0.369 e. The molecule has 0 atom stereocenters. The second kappa shape index (κ2) is 5.08. The summed E-state index contributed by atoms with van der Waals surface area (Å²) < 4.78 is 13.7. The summed E-state index contributed by atoms with van der Waals surface area (Å²) in [5.74, 6) is 0.360. The Hall–Kier alpha value is -2.04. The van der Waals surface area contributed by atoms with Gasteiger partial charge in [0.25, 0.3) is 0 Å². The van der Waals surface area contributed by atoms with Crippen molar-refractivity contribution >= 4 is 5.82 Å². The van der Waals surface area contributed by atoms with E-state index in [4.69, 9.17) is 0 Å². The fourth-order valence-corrected chi connectivity index (χ4v) is 1.76. The number of anilines is 1. The van der Waals surface area contributed by atoms with Gasteiger partial charge in [0.1, 0.15) is 0 Å². The average Bonchev–Trinajstić information content (AvgIpc) is 2.37. The molecule has 0 aliphatic carbocycles. The van der Waals surface area contributed by atoms with Crippen molar-refractivity contribution in [1.82, 2.24) is 15.2 Å². The number of hydrogen-bond acceptors (Lipinski definition) is 4. The topological polar surface area (TPSA) is 50.7 Å². The van der Waals surface area contributed by atoms with Gasteiger partial charge < -0.3 is 5.32 Å². The lowest BCUT2D eigenvalue weighted by molar-refractivity contribution is 0.624. The molecule has 2 aromatic rings. The molecule has 2 rings (SSSR count). The number of halogens is 1. The molecule has 0 aromatic carbocycles. The van der Waals surface area contributed by atoms with Gasteiger partial charge in [-0.1, -0.05) is 0 Å². The first-order valence-electron chi connectivity index (χ1n) is 5.82. The molecule has 18 heavy (non-hydrogen) atoms. The van der Waals surface area contributed by atoms with Gasteiger partial charge in [0, 0.05) is 18.3 Å². The van der Waals surface area contributed by atoms with Gasteiger partial charge in [0.05, 0.1) is 11.9 Å². The molecule has 0 unspecified atom stereocenters. The fourth-order valence-electron chi connectivity index (χ4n) is 1.76. The summed E-state index contributed by atoms with van der Waals surface area (Å²) in [7, 11) is 0. The summed E-state index contributed by atoms with van der Waals surface area (Å²) in [6.45, 7) is 6.63. The van der Waals surface area contributed by atoms with Gasteiger partial charge in [-0.25, -0.2) is 4.39 Å². The third-order valence-electron chi connectivity index (χ3n) is 2.89. The Morgan fingerprint density at radius 3 is 2.67 bits per heavy atom. The molecule has 4 nitrogen and oxygen atoms in total. The minimum absolute atomic E-state index is 0.384. The van der Waals surface area contributed by atoms with Crippen LogP contribution in [0.4, 0.5) is 10.2 Å². The standard InChI is InChI=1S/C13H15FN4/c1-4-16-13-9(3)8(2)12(17-18-13)10-5-6-15-7-11(10)14/h5-7H,4H2,1-3H3,(H,16,18). The highest BCUT2D eigenvalue weighted by Gasteiger charge is 2.13. The van der Waals surface area contributed by atoms with Gasteiger partial charge in [-0.05, 0) is 38.0 Å². The average molecular weight is 246 g/mol. The van der Waals surface area contributed by atoms with Gasteiger partial charge in [-0.15, -0.1) is 10.2 Å². The number of nitrogens with one attached hydrogen (secondary N) is 1. The van der Waals surface area contributed by atoms with E-state index < -0.39 is 0 Å². The van der Waals surface area contributed by atoms with Gasteiger partial charge in [-0.3, -0.25) is 4.98 Å². The summed E-state index contributed by atoms with van der Waals surface area (Å²) in [6.07, 6.45) is 2.73. The fraction of sp³-hybridized carbons (Fsp3) is 0.308. The van der Waals surface area contributed by atoms with Crippen molar-refractivity contribution in [3.05, 3.63) is 35.4 Å². The van der Waals surface area contributed by atoms with Gasteiger partial charge in [0.2, 0.25) is 0 Å². The highest BCUT2D eigenvalue weighted by Crippen LogP contribution is 2.27.